The molecule has 2 aromatic carbocycles. The van der Waals surface area contributed by atoms with Crippen molar-refractivity contribution in [1.82, 2.24) is 0 Å². The summed E-state index contributed by atoms with van der Waals surface area (Å²) in [6.07, 6.45) is 0.401. The van der Waals surface area contributed by atoms with E-state index in [-0.39, 0.29) is 11.2 Å². The van der Waals surface area contributed by atoms with E-state index in [1.165, 1.54) is 0 Å². The van der Waals surface area contributed by atoms with Crippen LogP contribution >= 0.6 is 23.4 Å². The van der Waals surface area contributed by atoms with Gasteiger partial charge in [0.1, 0.15) is 0 Å². The summed E-state index contributed by atoms with van der Waals surface area (Å²) in [4.78, 5) is 13.1. The van der Waals surface area contributed by atoms with Crippen LogP contribution < -0.4 is 5.32 Å². The zero-order valence-corrected chi connectivity index (χ0v) is 12.5. The molecule has 0 radical (unpaired) electrons. The Labute approximate surface area is 128 Å². The van der Waals surface area contributed by atoms with Crippen LogP contribution in [0, 0.1) is 0 Å². The highest BCUT2D eigenvalue weighted by Gasteiger charge is 2.14. The van der Waals surface area contributed by atoms with Crippen LogP contribution in [-0.2, 0) is 4.79 Å². The van der Waals surface area contributed by atoms with Crippen molar-refractivity contribution in [3.8, 4) is 0 Å². The van der Waals surface area contributed by atoms with Crippen LogP contribution in [0.1, 0.15) is 6.42 Å². The van der Waals surface area contributed by atoms with Crippen molar-refractivity contribution in [3.63, 3.8) is 0 Å². The first-order valence-corrected chi connectivity index (χ1v) is 7.82. The van der Waals surface area contributed by atoms with E-state index < -0.39 is 0 Å². The summed E-state index contributed by atoms with van der Waals surface area (Å²) in [6.45, 7) is 0. The zero-order valence-electron chi connectivity index (χ0n) is 11.0. The number of thioether (sulfide) groups is 1. The minimum Gasteiger partial charge on any atom is -0.326 e. The number of anilines is 1. The molecule has 0 aliphatic heterocycles. The highest BCUT2D eigenvalue weighted by Crippen LogP contribution is 2.26. The fraction of sp³-hybridized carbons (Fsp3) is 0.188. The summed E-state index contributed by atoms with van der Waals surface area (Å²) in [7, 11) is 0. The summed E-state index contributed by atoms with van der Waals surface area (Å²) < 4.78 is 0. The minimum atomic E-state index is -0.00900. The third-order valence-electron chi connectivity index (χ3n) is 2.69. The molecule has 0 heterocycles. The highest BCUT2D eigenvalue weighted by molar-refractivity contribution is 8.00. The molecule has 0 bridgehead atoms. The van der Waals surface area contributed by atoms with Gasteiger partial charge in [0.2, 0.25) is 5.91 Å². The van der Waals surface area contributed by atoms with Crippen LogP contribution in [0.3, 0.4) is 0 Å². The van der Waals surface area contributed by atoms with Crippen molar-refractivity contribution in [2.45, 2.75) is 16.6 Å². The topological polar surface area (TPSA) is 29.1 Å². The Morgan fingerprint density at radius 2 is 1.65 bits per heavy atom. The molecule has 0 saturated heterocycles. The van der Waals surface area contributed by atoms with Crippen molar-refractivity contribution < 1.29 is 4.79 Å². The standard InChI is InChI=1S/C16H16ClNOS/c17-12-15(20-14-9-5-2-6-10-14)11-16(19)18-13-7-3-1-4-8-13/h1-10,15H,11-12H2,(H,18,19). The maximum Gasteiger partial charge on any atom is 0.225 e. The van der Waals surface area contributed by atoms with E-state index in [0.717, 1.165) is 10.6 Å². The van der Waals surface area contributed by atoms with Crippen molar-refractivity contribution in [2.24, 2.45) is 0 Å². The molecule has 0 aliphatic rings. The number of halogens is 1. The Hall–Kier alpha value is -1.45. The van der Waals surface area contributed by atoms with Crippen LogP contribution in [0.4, 0.5) is 5.69 Å². The van der Waals surface area contributed by atoms with Gasteiger partial charge in [-0.3, -0.25) is 4.79 Å². The second-order valence-corrected chi connectivity index (χ2v) is 6.01. The Bertz CT molecular complexity index is 533. The number of hydrogen-bond acceptors (Lipinski definition) is 2. The molecule has 2 aromatic rings. The Kier molecular flexibility index (Phi) is 5.96. The maximum atomic E-state index is 12.0. The first-order chi connectivity index (χ1) is 9.78. The van der Waals surface area contributed by atoms with Gasteiger partial charge in [-0.1, -0.05) is 36.4 Å². The Morgan fingerprint density at radius 3 is 2.25 bits per heavy atom. The largest absolute Gasteiger partial charge is 0.326 e. The normalized spacial score (nSPS) is 11.8. The maximum absolute atomic E-state index is 12.0. The van der Waals surface area contributed by atoms with Gasteiger partial charge in [-0.25, -0.2) is 0 Å². The van der Waals surface area contributed by atoms with Gasteiger partial charge in [-0.05, 0) is 24.3 Å². The molecule has 1 amide bonds. The number of para-hydroxylation sites is 1. The van der Waals surface area contributed by atoms with Crippen LogP contribution in [0.5, 0.6) is 0 Å². The van der Waals surface area contributed by atoms with E-state index in [0.29, 0.717) is 12.3 Å². The van der Waals surface area contributed by atoms with Crippen LogP contribution in [0.2, 0.25) is 0 Å². The molecule has 0 spiro atoms. The molecule has 1 atom stereocenters. The van der Waals surface area contributed by atoms with Crippen molar-refractivity contribution in [3.05, 3.63) is 60.7 Å². The Balaban J connectivity index is 1.88. The van der Waals surface area contributed by atoms with Gasteiger partial charge in [-0.2, -0.15) is 0 Å². The molecule has 0 saturated carbocycles. The molecular weight excluding hydrogens is 290 g/mol. The average molecular weight is 306 g/mol. The van der Waals surface area contributed by atoms with Crippen LogP contribution in [0.15, 0.2) is 65.6 Å². The summed E-state index contributed by atoms with van der Waals surface area (Å²) >= 11 is 7.60. The van der Waals surface area contributed by atoms with E-state index >= 15 is 0 Å². The fourth-order valence-electron chi connectivity index (χ4n) is 1.76. The van der Waals surface area contributed by atoms with Gasteiger partial charge in [0.15, 0.2) is 0 Å². The van der Waals surface area contributed by atoms with E-state index in [9.17, 15) is 4.79 Å². The summed E-state index contributed by atoms with van der Waals surface area (Å²) in [6, 6.07) is 19.5. The van der Waals surface area contributed by atoms with Crippen LogP contribution in [-0.4, -0.2) is 17.0 Å². The lowest BCUT2D eigenvalue weighted by atomic mass is 10.3. The quantitative estimate of drug-likeness (QED) is 0.632. The average Bonchev–Trinajstić information content (AvgIpc) is 2.48. The van der Waals surface area contributed by atoms with Crippen molar-refractivity contribution >= 4 is 35.0 Å². The molecule has 4 heteroatoms. The summed E-state index contributed by atoms with van der Waals surface area (Å²) in [5.74, 6) is 0.437. The molecular formula is C16H16ClNOS. The minimum absolute atomic E-state index is 0.00900. The van der Waals surface area contributed by atoms with E-state index in [2.05, 4.69) is 5.32 Å². The SMILES string of the molecule is O=C(CC(CCl)Sc1ccccc1)Nc1ccccc1. The number of hydrogen-bond donors (Lipinski definition) is 1. The van der Waals surface area contributed by atoms with Gasteiger partial charge < -0.3 is 5.32 Å². The molecule has 1 unspecified atom stereocenters. The first-order valence-electron chi connectivity index (χ1n) is 6.40. The molecule has 104 valence electrons. The monoisotopic (exact) mass is 305 g/mol. The van der Waals surface area contributed by atoms with Gasteiger partial charge in [-0.15, -0.1) is 23.4 Å². The number of benzene rings is 2. The van der Waals surface area contributed by atoms with Gasteiger partial charge in [0.05, 0.1) is 0 Å². The van der Waals surface area contributed by atoms with Crippen molar-refractivity contribution in [1.29, 1.82) is 0 Å². The van der Waals surface area contributed by atoms with Crippen LogP contribution in [0.25, 0.3) is 0 Å². The lowest BCUT2D eigenvalue weighted by molar-refractivity contribution is -0.116. The lowest BCUT2D eigenvalue weighted by Gasteiger charge is -2.13. The fourth-order valence-corrected chi connectivity index (χ4v) is 3.05. The van der Waals surface area contributed by atoms with E-state index in [4.69, 9.17) is 11.6 Å². The number of alkyl halides is 1. The second-order valence-electron chi connectivity index (χ2n) is 4.33. The lowest BCUT2D eigenvalue weighted by Crippen LogP contribution is -2.19. The zero-order chi connectivity index (χ0) is 14.2. The number of rotatable bonds is 6. The predicted octanol–water partition coefficient (Wildman–Crippen LogP) is 4.41. The smallest absolute Gasteiger partial charge is 0.225 e. The summed E-state index contributed by atoms with van der Waals surface area (Å²) in [5.41, 5.74) is 0.815. The molecule has 20 heavy (non-hydrogen) atoms. The van der Waals surface area contributed by atoms with E-state index in [1.54, 1.807) is 11.8 Å². The summed E-state index contributed by atoms with van der Waals surface area (Å²) in [5, 5.41) is 2.95. The third kappa shape index (κ3) is 4.91. The highest BCUT2D eigenvalue weighted by atomic mass is 35.5. The molecule has 0 fully saturated rings. The van der Waals surface area contributed by atoms with E-state index in [1.807, 2.05) is 60.7 Å². The van der Waals surface area contributed by atoms with Gasteiger partial charge in [0.25, 0.3) is 0 Å². The molecule has 1 N–H and O–H groups in total. The number of carbonyl (C=O) groups excluding carboxylic acids is 1. The van der Waals surface area contributed by atoms with Gasteiger partial charge >= 0.3 is 0 Å². The number of amides is 1. The third-order valence-corrected chi connectivity index (χ3v) is 4.46. The van der Waals surface area contributed by atoms with Gasteiger partial charge in [0, 0.05) is 28.1 Å². The Morgan fingerprint density at radius 1 is 1.05 bits per heavy atom. The molecule has 2 rings (SSSR count). The molecule has 0 aliphatic carbocycles. The number of carbonyl (C=O) groups is 1. The predicted molar refractivity (Wildman–Crippen MR) is 86.5 cm³/mol. The molecule has 0 aromatic heterocycles. The first kappa shape index (κ1) is 14.9. The van der Waals surface area contributed by atoms with Crippen molar-refractivity contribution in [2.75, 3.05) is 11.2 Å². The molecule has 2 nitrogen and oxygen atoms in total. The number of nitrogens with one attached hydrogen (secondary N) is 1. The second kappa shape index (κ2) is 7.98.